The van der Waals surface area contributed by atoms with Gasteiger partial charge in [-0.15, -0.1) is 0 Å². The number of nitriles is 1. The summed E-state index contributed by atoms with van der Waals surface area (Å²) in [5, 5.41) is 8.47. The zero-order valence-corrected chi connectivity index (χ0v) is 13.5. The van der Waals surface area contributed by atoms with Crippen LogP contribution in [0.15, 0.2) is 0 Å². The molecule has 1 unspecified atom stereocenters. The van der Waals surface area contributed by atoms with E-state index >= 15 is 0 Å². The zero-order valence-electron chi connectivity index (χ0n) is 13.5. The number of carbonyl (C=O) groups excluding carboxylic acids is 1. The predicted octanol–water partition coefficient (Wildman–Crippen LogP) is 4.21. The minimum Gasteiger partial charge on any atom is -0.444 e. The molecule has 1 amide bonds. The molecule has 0 saturated carbocycles. The minimum atomic E-state index is -0.488. The molecule has 0 aromatic heterocycles. The highest BCUT2D eigenvalue weighted by molar-refractivity contribution is 5.68. The first-order valence-electron chi connectivity index (χ1n) is 6.60. The average molecular weight is 258 g/mol. The van der Waals surface area contributed by atoms with Gasteiger partial charge in [0.2, 0.25) is 0 Å². The van der Waals surface area contributed by atoms with Gasteiger partial charge < -0.3 is 9.64 Å². The first-order chi connectivity index (χ1) is 8.28. The van der Waals surface area contributed by atoms with Crippen molar-refractivity contribution in [2.45, 2.75) is 73.5 Å². The van der Waals surface area contributed by atoms with Gasteiger partial charge in [0.1, 0.15) is 5.60 Å². The number of carbonyl (C=O) groups is 1. The van der Waals surface area contributed by atoms with Crippen LogP contribution in [0.25, 0.3) is 0 Å². The van der Waals surface area contributed by atoms with Crippen LogP contribution in [-0.2, 0) is 4.74 Å². The molecule has 0 radical (unpaired) electrons. The number of amides is 1. The molecule has 0 fully saturated rings. The van der Waals surface area contributed by atoms with E-state index in [1.807, 2.05) is 61.5 Å². The van der Waals surface area contributed by atoms with E-state index in [0.29, 0.717) is 6.42 Å². The van der Waals surface area contributed by atoms with Crippen molar-refractivity contribution >= 4 is 6.09 Å². The van der Waals surface area contributed by atoms with Gasteiger partial charge in [0, 0.05) is 13.1 Å². The lowest BCUT2D eigenvalue weighted by Crippen LogP contribution is -2.39. The topological polar surface area (TPSA) is 53.3 Å². The van der Waals surface area contributed by atoms with Crippen molar-refractivity contribution in [1.82, 2.24) is 4.90 Å². The van der Waals surface area contributed by atoms with E-state index in [2.05, 4.69) is 0 Å². The van der Waals surface area contributed by atoms with Crippen LogP contribution in [0.4, 0.5) is 4.79 Å². The second-order valence-electron chi connectivity index (χ2n) is 4.30. The molecule has 4 nitrogen and oxygen atoms in total. The molecule has 4 heteroatoms. The third-order valence-electron chi connectivity index (χ3n) is 1.73. The number of rotatable bonds is 2. The monoisotopic (exact) mass is 258 g/mol. The fourth-order valence-corrected chi connectivity index (χ4v) is 0.783. The van der Waals surface area contributed by atoms with E-state index in [1.165, 1.54) is 4.90 Å². The standard InChI is InChI=1S/C10H18N2O2.2C2H6/c1-8(6-7-11)12(5)9(13)14-10(2,3)4;2*1-2/h8H,6H2,1-5H3;2*1-2H3. The summed E-state index contributed by atoms with van der Waals surface area (Å²) in [4.78, 5) is 12.9. The molecule has 1 atom stereocenters. The van der Waals surface area contributed by atoms with E-state index < -0.39 is 5.60 Å². The predicted molar refractivity (Wildman–Crippen MR) is 76.4 cm³/mol. The van der Waals surface area contributed by atoms with Crippen LogP contribution in [0.1, 0.15) is 61.8 Å². The molecule has 0 aliphatic rings. The Balaban J connectivity index is -0.000000506. The Labute approximate surface area is 113 Å². The van der Waals surface area contributed by atoms with Crippen molar-refractivity contribution < 1.29 is 9.53 Å². The van der Waals surface area contributed by atoms with Crippen LogP contribution < -0.4 is 0 Å². The lowest BCUT2D eigenvalue weighted by molar-refractivity contribution is 0.0239. The smallest absolute Gasteiger partial charge is 0.410 e. The van der Waals surface area contributed by atoms with E-state index in [1.54, 1.807) is 7.05 Å². The molecular formula is C14H30N2O2. The molecule has 108 valence electrons. The fraction of sp³-hybridized carbons (Fsp3) is 0.857. The highest BCUT2D eigenvalue weighted by Gasteiger charge is 2.22. The Morgan fingerprint density at radius 3 is 1.94 bits per heavy atom. The molecule has 0 aliphatic carbocycles. The summed E-state index contributed by atoms with van der Waals surface area (Å²) in [7, 11) is 1.64. The molecule has 18 heavy (non-hydrogen) atoms. The third-order valence-corrected chi connectivity index (χ3v) is 1.73. The van der Waals surface area contributed by atoms with Crippen LogP contribution in [-0.4, -0.2) is 29.7 Å². The van der Waals surface area contributed by atoms with Gasteiger partial charge in [-0.3, -0.25) is 0 Å². The average Bonchev–Trinajstić information content (AvgIpc) is 2.31. The molecule has 0 N–H and O–H groups in total. The summed E-state index contributed by atoms with van der Waals surface area (Å²) in [6, 6.07) is 1.90. The van der Waals surface area contributed by atoms with Crippen LogP contribution in [0, 0.1) is 11.3 Å². The molecule has 0 heterocycles. The van der Waals surface area contributed by atoms with Crippen LogP contribution in [0.3, 0.4) is 0 Å². The van der Waals surface area contributed by atoms with E-state index in [0.717, 1.165) is 0 Å². The lowest BCUT2D eigenvalue weighted by atomic mass is 10.2. The molecule has 0 bridgehead atoms. The van der Waals surface area contributed by atoms with Gasteiger partial charge in [0.15, 0.2) is 0 Å². The SMILES string of the molecule is CC.CC.CC(CC#N)N(C)C(=O)OC(C)(C)C. The zero-order chi connectivity index (χ0) is 15.4. The molecular weight excluding hydrogens is 228 g/mol. The Bertz CT molecular complexity index is 239. The van der Waals surface area contributed by atoms with Crippen molar-refractivity contribution in [1.29, 1.82) is 5.26 Å². The van der Waals surface area contributed by atoms with Crippen molar-refractivity contribution in [2.24, 2.45) is 0 Å². The van der Waals surface area contributed by atoms with Gasteiger partial charge in [0.25, 0.3) is 0 Å². The van der Waals surface area contributed by atoms with Gasteiger partial charge in [-0.05, 0) is 27.7 Å². The number of nitrogens with zero attached hydrogens (tertiary/aromatic N) is 2. The molecule has 0 rings (SSSR count). The quantitative estimate of drug-likeness (QED) is 0.745. The maximum atomic E-state index is 11.5. The maximum absolute atomic E-state index is 11.5. The van der Waals surface area contributed by atoms with Gasteiger partial charge >= 0.3 is 6.09 Å². The summed E-state index contributed by atoms with van der Waals surface area (Å²) in [5.74, 6) is 0. The normalized spacial score (nSPS) is 10.7. The Morgan fingerprint density at radius 2 is 1.67 bits per heavy atom. The van der Waals surface area contributed by atoms with Gasteiger partial charge in [-0.25, -0.2) is 4.79 Å². The third kappa shape index (κ3) is 12.8. The second kappa shape index (κ2) is 12.2. The number of hydrogen-bond acceptors (Lipinski definition) is 3. The number of hydrogen-bond donors (Lipinski definition) is 0. The summed E-state index contributed by atoms with van der Waals surface area (Å²) in [6.07, 6.45) is -0.0734. The van der Waals surface area contributed by atoms with E-state index in [9.17, 15) is 4.79 Å². The van der Waals surface area contributed by atoms with E-state index in [4.69, 9.17) is 10.00 Å². The van der Waals surface area contributed by atoms with Gasteiger partial charge in [-0.2, -0.15) is 5.26 Å². The van der Waals surface area contributed by atoms with Crippen molar-refractivity contribution in [3.63, 3.8) is 0 Å². The van der Waals surface area contributed by atoms with Crippen molar-refractivity contribution in [3.05, 3.63) is 0 Å². The van der Waals surface area contributed by atoms with Gasteiger partial charge in [-0.1, -0.05) is 27.7 Å². The largest absolute Gasteiger partial charge is 0.444 e. The first-order valence-corrected chi connectivity index (χ1v) is 6.60. The van der Waals surface area contributed by atoms with Gasteiger partial charge in [0.05, 0.1) is 12.5 Å². The first kappa shape index (κ1) is 22.0. The van der Waals surface area contributed by atoms with Crippen LogP contribution in [0.5, 0.6) is 0 Å². The highest BCUT2D eigenvalue weighted by atomic mass is 16.6. The second-order valence-corrected chi connectivity index (χ2v) is 4.30. The van der Waals surface area contributed by atoms with Crippen LogP contribution >= 0.6 is 0 Å². The van der Waals surface area contributed by atoms with Crippen LogP contribution in [0.2, 0.25) is 0 Å². The molecule has 0 aromatic carbocycles. The lowest BCUT2D eigenvalue weighted by Gasteiger charge is -2.27. The summed E-state index contributed by atoms with van der Waals surface area (Å²) < 4.78 is 5.14. The maximum Gasteiger partial charge on any atom is 0.410 e. The number of ether oxygens (including phenoxy) is 1. The molecule has 0 aliphatic heterocycles. The van der Waals surface area contributed by atoms with E-state index in [-0.39, 0.29) is 12.1 Å². The van der Waals surface area contributed by atoms with Crippen molar-refractivity contribution in [2.75, 3.05) is 7.05 Å². The Kier molecular flexibility index (Phi) is 14.9. The minimum absolute atomic E-state index is 0.116. The Morgan fingerprint density at radius 1 is 1.28 bits per heavy atom. The fourth-order valence-electron chi connectivity index (χ4n) is 0.783. The summed E-state index contributed by atoms with van der Waals surface area (Å²) in [6.45, 7) is 15.3. The highest BCUT2D eigenvalue weighted by Crippen LogP contribution is 2.11. The molecule has 0 spiro atoms. The summed E-state index contributed by atoms with van der Waals surface area (Å²) in [5.41, 5.74) is -0.488. The van der Waals surface area contributed by atoms with Crippen molar-refractivity contribution in [3.8, 4) is 6.07 Å². The molecule has 0 aromatic rings. The summed E-state index contributed by atoms with van der Waals surface area (Å²) >= 11 is 0. The Hall–Kier alpha value is -1.24. The molecule has 0 saturated heterocycles.